The van der Waals surface area contributed by atoms with Crippen LogP contribution >= 0.6 is 0 Å². The van der Waals surface area contributed by atoms with Crippen LogP contribution in [-0.4, -0.2) is 32.1 Å². The second kappa shape index (κ2) is 10.7. The Morgan fingerprint density at radius 3 is 1.85 bits per heavy atom. The second-order valence-corrected chi connectivity index (χ2v) is 9.87. The van der Waals surface area contributed by atoms with Gasteiger partial charge in [-0.3, -0.25) is 9.59 Å². The van der Waals surface area contributed by atoms with Gasteiger partial charge in [0.05, 0.1) is 0 Å². The lowest BCUT2D eigenvalue weighted by Crippen LogP contribution is -2.46. The number of nitrogens with zero attached hydrogens (tertiary/aromatic N) is 4. The Bertz CT molecular complexity index is 968. The number of amides is 2. The molecule has 2 aliphatic rings. The van der Waals surface area contributed by atoms with Crippen molar-refractivity contribution in [3.63, 3.8) is 0 Å². The Hall–Kier alpha value is -2.78. The van der Waals surface area contributed by atoms with E-state index >= 15 is 0 Å². The largest absolute Gasteiger partial charge is 0.343 e. The summed E-state index contributed by atoms with van der Waals surface area (Å²) in [6.07, 6.45) is 12.3. The van der Waals surface area contributed by atoms with E-state index in [0.717, 1.165) is 77.0 Å². The molecule has 186 valence electrons. The summed E-state index contributed by atoms with van der Waals surface area (Å²) in [4.78, 5) is 34.0. The Morgan fingerprint density at radius 2 is 1.32 bits per heavy atom. The standard InChI is InChI=1S/C24H36N6O4/c1-17(31)27-23(13-7-3-4-8-14-23)22-26-20(34-30-22)12-11-19(32)28-24(15-9-5-6-10-16-24)21-25-18(2)33-29-21/h3-16H2,1-2H3,(H,27,31)(H,28,32). The third-order valence-corrected chi connectivity index (χ3v) is 7.13. The predicted octanol–water partition coefficient (Wildman–Crippen LogP) is 3.75. The van der Waals surface area contributed by atoms with Gasteiger partial charge in [0.1, 0.15) is 11.1 Å². The molecule has 2 aromatic rings. The van der Waals surface area contributed by atoms with Crippen LogP contribution < -0.4 is 10.6 Å². The first-order valence-electron chi connectivity index (χ1n) is 12.6. The second-order valence-electron chi connectivity index (χ2n) is 9.87. The van der Waals surface area contributed by atoms with Crippen molar-refractivity contribution in [3.05, 3.63) is 23.4 Å². The highest BCUT2D eigenvalue weighted by Gasteiger charge is 2.40. The molecule has 0 bridgehead atoms. The maximum atomic E-state index is 13.0. The van der Waals surface area contributed by atoms with E-state index in [-0.39, 0.29) is 18.2 Å². The van der Waals surface area contributed by atoms with Gasteiger partial charge in [-0.25, -0.2) is 0 Å². The van der Waals surface area contributed by atoms with E-state index < -0.39 is 11.1 Å². The summed E-state index contributed by atoms with van der Waals surface area (Å²) in [6.45, 7) is 3.28. The van der Waals surface area contributed by atoms with Gasteiger partial charge >= 0.3 is 0 Å². The fourth-order valence-corrected chi connectivity index (χ4v) is 5.40. The van der Waals surface area contributed by atoms with Crippen molar-refractivity contribution >= 4 is 11.8 Å². The summed E-state index contributed by atoms with van der Waals surface area (Å²) in [5.41, 5.74) is -1.19. The van der Waals surface area contributed by atoms with Crippen LogP contribution in [-0.2, 0) is 27.1 Å². The quantitative estimate of drug-likeness (QED) is 0.582. The minimum atomic E-state index is -0.596. The smallest absolute Gasteiger partial charge is 0.227 e. The minimum Gasteiger partial charge on any atom is -0.343 e. The van der Waals surface area contributed by atoms with Crippen LogP contribution in [0.15, 0.2) is 9.05 Å². The van der Waals surface area contributed by atoms with Gasteiger partial charge in [0.25, 0.3) is 0 Å². The Balaban J connectivity index is 1.43. The highest BCUT2D eigenvalue weighted by atomic mass is 16.5. The van der Waals surface area contributed by atoms with Crippen LogP contribution in [0.4, 0.5) is 0 Å². The minimum absolute atomic E-state index is 0.0990. The van der Waals surface area contributed by atoms with Gasteiger partial charge in [-0.05, 0) is 25.7 Å². The van der Waals surface area contributed by atoms with Crippen molar-refractivity contribution in [3.8, 4) is 0 Å². The third kappa shape index (κ3) is 5.64. The Morgan fingerprint density at radius 1 is 0.794 bits per heavy atom. The summed E-state index contributed by atoms with van der Waals surface area (Å²) in [5, 5.41) is 14.7. The van der Waals surface area contributed by atoms with Gasteiger partial charge in [-0.15, -0.1) is 0 Å². The normalized spacial score (nSPS) is 20.2. The fourth-order valence-electron chi connectivity index (χ4n) is 5.40. The third-order valence-electron chi connectivity index (χ3n) is 7.13. The molecule has 4 rings (SSSR count). The van der Waals surface area contributed by atoms with Crippen molar-refractivity contribution in [2.24, 2.45) is 0 Å². The molecule has 10 heteroatoms. The summed E-state index contributed by atoms with van der Waals surface area (Å²) < 4.78 is 10.7. The van der Waals surface area contributed by atoms with Crippen molar-refractivity contribution in [1.82, 2.24) is 30.9 Å². The summed E-state index contributed by atoms with van der Waals surface area (Å²) in [7, 11) is 0. The van der Waals surface area contributed by atoms with Crippen LogP contribution in [0.2, 0.25) is 0 Å². The topological polar surface area (TPSA) is 136 Å². The fraction of sp³-hybridized carbons (Fsp3) is 0.750. The molecule has 2 heterocycles. The van der Waals surface area contributed by atoms with Crippen LogP contribution in [0.3, 0.4) is 0 Å². The number of carbonyl (C=O) groups is 2. The molecule has 0 aliphatic heterocycles. The number of carbonyl (C=O) groups excluding carboxylic acids is 2. The zero-order valence-electron chi connectivity index (χ0n) is 20.3. The van der Waals surface area contributed by atoms with Crippen LogP contribution in [0.25, 0.3) is 0 Å². The van der Waals surface area contributed by atoms with Crippen molar-refractivity contribution in [1.29, 1.82) is 0 Å². The molecule has 2 aliphatic carbocycles. The van der Waals surface area contributed by atoms with Crippen LogP contribution in [0.1, 0.15) is 114 Å². The monoisotopic (exact) mass is 472 g/mol. The van der Waals surface area contributed by atoms with Gasteiger partial charge in [0.2, 0.25) is 23.6 Å². The predicted molar refractivity (Wildman–Crippen MR) is 122 cm³/mol. The lowest BCUT2D eigenvalue weighted by Gasteiger charge is -2.30. The molecule has 2 saturated carbocycles. The molecule has 0 unspecified atom stereocenters. The summed E-state index contributed by atoms with van der Waals surface area (Å²) in [5.74, 6) is 1.78. The van der Waals surface area contributed by atoms with Gasteiger partial charge in [0, 0.05) is 26.7 Å². The molecule has 0 aromatic carbocycles. The number of rotatable bonds is 7. The molecule has 2 fully saturated rings. The molecular formula is C24H36N6O4. The first-order valence-corrected chi connectivity index (χ1v) is 12.6. The summed E-state index contributed by atoms with van der Waals surface area (Å²) in [6, 6.07) is 0. The average Bonchev–Trinajstić information content (AvgIpc) is 3.31. The molecule has 10 nitrogen and oxygen atoms in total. The van der Waals surface area contributed by atoms with Crippen LogP contribution in [0, 0.1) is 6.92 Å². The average molecular weight is 473 g/mol. The van der Waals surface area contributed by atoms with E-state index in [0.29, 0.717) is 29.9 Å². The van der Waals surface area contributed by atoms with E-state index in [1.807, 2.05) is 0 Å². The van der Waals surface area contributed by atoms with Gasteiger partial charge in [-0.1, -0.05) is 61.7 Å². The SMILES string of the molecule is CC(=O)NC1(c2noc(CCC(=O)NC3(c4noc(C)n4)CCCCCC3)n2)CCCCCC1. The first kappa shape index (κ1) is 24.3. The number of hydrogen-bond donors (Lipinski definition) is 2. The molecule has 0 saturated heterocycles. The Kier molecular flexibility index (Phi) is 7.63. The first-order chi connectivity index (χ1) is 16.4. The van der Waals surface area contributed by atoms with E-state index in [2.05, 4.69) is 30.9 Å². The van der Waals surface area contributed by atoms with Gasteiger partial charge in [-0.2, -0.15) is 9.97 Å². The lowest BCUT2D eigenvalue weighted by atomic mass is 9.89. The van der Waals surface area contributed by atoms with Crippen molar-refractivity contribution in [2.75, 3.05) is 0 Å². The molecule has 2 amide bonds. The number of aromatic nitrogens is 4. The number of hydrogen-bond acceptors (Lipinski definition) is 8. The lowest BCUT2D eigenvalue weighted by molar-refractivity contribution is -0.123. The van der Waals surface area contributed by atoms with Crippen molar-refractivity contribution < 1.29 is 18.6 Å². The number of aryl methyl sites for hydroxylation is 2. The number of nitrogens with one attached hydrogen (secondary N) is 2. The molecule has 2 N–H and O–H groups in total. The molecular weight excluding hydrogens is 436 g/mol. The maximum absolute atomic E-state index is 13.0. The van der Waals surface area contributed by atoms with Gasteiger partial charge < -0.3 is 19.7 Å². The molecule has 2 aromatic heterocycles. The van der Waals surface area contributed by atoms with E-state index in [1.165, 1.54) is 6.92 Å². The maximum Gasteiger partial charge on any atom is 0.227 e. The molecule has 0 radical (unpaired) electrons. The van der Waals surface area contributed by atoms with E-state index in [9.17, 15) is 9.59 Å². The highest BCUT2D eigenvalue weighted by molar-refractivity contribution is 5.77. The van der Waals surface area contributed by atoms with E-state index in [1.54, 1.807) is 6.92 Å². The Labute approximate surface area is 200 Å². The van der Waals surface area contributed by atoms with E-state index in [4.69, 9.17) is 9.05 Å². The molecule has 0 atom stereocenters. The van der Waals surface area contributed by atoms with Gasteiger partial charge in [0.15, 0.2) is 11.6 Å². The summed E-state index contributed by atoms with van der Waals surface area (Å²) >= 11 is 0. The van der Waals surface area contributed by atoms with Crippen molar-refractivity contribution in [2.45, 2.75) is 115 Å². The molecule has 34 heavy (non-hydrogen) atoms. The zero-order chi connectivity index (χ0) is 24.0. The highest BCUT2D eigenvalue weighted by Crippen LogP contribution is 2.36. The zero-order valence-corrected chi connectivity index (χ0v) is 20.3. The van der Waals surface area contributed by atoms with Crippen LogP contribution in [0.5, 0.6) is 0 Å². The molecule has 0 spiro atoms.